The molecule has 19 heavy (non-hydrogen) atoms. The van der Waals surface area contributed by atoms with Crippen molar-refractivity contribution >= 4 is 5.69 Å². The van der Waals surface area contributed by atoms with E-state index in [1.54, 1.807) is 0 Å². The highest BCUT2D eigenvalue weighted by atomic mass is 16.5. The molecule has 106 valence electrons. The van der Waals surface area contributed by atoms with Crippen LogP contribution in [0.5, 0.6) is 5.75 Å². The van der Waals surface area contributed by atoms with Gasteiger partial charge in [0.1, 0.15) is 5.75 Å². The maximum atomic E-state index is 5.67. The third-order valence-corrected chi connectivity index (χ3v) is 3.28. The zero-order chi connectivity index (χ0) is 13.3. The Labute approximate surface area is 114 Å². The van der Waals surface area contributed by atoms with Crippen molar-refractivity contribution in [2.45, 2.75) is 19.3 Å². The van der Waals surface area contributed by atoms with Crippen LogP contribution in [0, 0.1) is 5.92 Å². The number of nitrogens with two attached hydrogens (primary N) is 1. The second kappa shape index (κ2) is 8.02. The number of benzene rings is 1. The molecule has 0 bridgehead atoms. The van der Waals surface area contributed by atoms with E-state index >= 15 is 0 Å². The summed E-state index contributed by atoms with van der Waals surface area (Å²) in [6, 6.07) is 7.46. The van der Waals surface area contributed by atoms with E-state index in [1.165, 1.54) is 0 Å². The summed E-state index contributed by atoms with van der Waals surface area (Å²) in [7, 11) is 0. The molecule has 2 N–H and O–H groups in total. The quantitative estimate of drug-likeness (QED) is 0.608. The van der Waals surface area contributed by atoms with Gasteiger partial charge in [0.25, 0.3) is 0 Å². The topological polar surface area (TPSA) is 53.7 Å². The van der Waals surface area contributed by atoms with E-state index < -0.39 is 0 Å². The van der Waals surface area contributed by atoms with E-state index in [2.05, 4.69) is 0 Å². The molecule has 1 aromatic carbocycles. The van der Waals surface area contributed by atoms with Crippen molar-refractivity contribution < 1.29 is 14.2 Å². The third kappa shape index (κ3) is 5.49. The average Bonchev–Trinajstić information content (AvgIpc) is 2.46. The molecule has 0 amide bonds. The van der Waals surface area contributed by atoms with Gasteiger partial charge in [0.2, 0.25) is 0 Å². The summed E-state index contributed by atoms with van der Waals surface area (Å²) in [6.07, 6.45) is 3.16. The molecule has 0 unspecified atom stereocenters. The van der Waals surface area contributed by atoms with Crippen molar-refractivity contribution in [2.24, 2.45) is 5.92 Å². The van der Waals surface area contributed by atoms with Crippen LogP contribution >= 0.6 is 0 Å². The number of anilines is 1. The fraction of sp³-hybridized carbons (Fsp3) is 0.600. The second-order valence-electron chi connectivity index (χ2n) is 4.90. The Balaban J connectivity index is 1.49. The fourth-order valence-electron chi connectivity index (χ4n) is 2.08. The molecule has 1 saturated heterocycles. The molecule has 1 aromatic rings. The van der Waals surface area contributed by atoms with Crippen LogP contribution in [0.25, 0.3) is 0 Å². The average molecular weight is 265 g/mol. The monoisotopic (exact) mass is 265 g/mol. The van der Waals surface area contributed by atoms with Crippen LogP contribution in [-0.2, 0) is 9.47 Å². The Kier molecular flexibility index (Phi) is 5.98. The van der Waals surface area contributed by atoms with Crippen LogP contribution in [0.2, 0.25) is 0 Å². The summed E-state index contributed by atoms with van der Waals surface area (Å²) in [6.45, 7) is 4.05. The van der Waals surface area contributed by atoms with Crippen molar-refractivity contribution in [1.82, 2.24) is 0 Å². The molecule has 0 aliphatic carbocycles. The van der Waals surface area contributed by atoms with Crippen molar-refractivity contribution in [1.29, 1.82) is 0 Å². The number of hydrogen-bond acceptors (Lipinski definition) is 4. The number of ether oxygens (including phenoxy) is 3. The lowest BCUT2D eigenvalue weighted by Gasteiger charge is -2.21. The van der Waals surface area contributed by atoms with Crippen LogP contribution in [0.4, 0.5) is 5.69 Å². The molecule has 4 nitrogen and oxygen atoms in total. The highest BCUT2D eigenvalue weighted by molar-refractivity contribution is 5.41. The Morgan fingerprint density at radius 1 is 1.11 bits per heavy atom. The second-order valence-corrected chi connectivity index (χ2v) is 4.90. The van der Waals surface area contributed by atoms with E-state index in [4.69, 9.17) is 19.9 Å². The first-order valence-electron chi connectivity index (χ1n) is 6.98. The van der Waals surface area contributed by atoms with Gasteiger partial charge in [-0.2, -0.15) is 0 Å². The van der Waals surface area contributed by atoms with Crippen LogP contribution in [0.3, 0.4) is 0 Å². The van der Waals surface area contributed by atoms with Gasteiger partial charge >= 0.3 is 0 Å². The van der Waals surface area contributed by atoms with E-state index in [9.17, 15) is 0 Å². The molecular formula is C15H23NO3. The van der Waals surface area contributed by atoms with Crippen LogP contribution in [0.15, 0.2) is 24.3 Å². The minimum atomic E-state index is 0.673. The zero-order valence-corrected chi connectivity index (χ0v) is 11.3. The van der Waals surface area contributed by atoms with Gasteiger partial charge in [-0.25, -0.2) is 0 Å². The Morgan fingerprint density at radius 3 is 2.58 bits per heavy atom. The Hall–Kier alpha value is -1.26. The van der Waals surface area contributed by atoms with E-state index in [1.807, 2.05) is 24.3 Å². The van der Waals surface area contributed by atoms with Crippen molar-refractivity contribution in [3.8, 4) is 5.75 Å². The van der Waals surface area contributed by atoms with Crippen molar-refractivity contribution in [3.63, 3.8) is 0 Å². The number of rotatable bonds is 7. The van der Waals surface area contributed by atoms with Crippen LogP contribution in [-0.4, -0.2) is 33.0 Å². The van der Waals surface area contributed by atoms with Gasteiger partial charge in [0.15, 0.2) is 0 Å². The largest absolute Gasteiger partial charge is 0.494 e. The lowest BCUT2D eigenvalue weighted by Crippen LogP contribution is -2.20. The van der Waals surface area contributed by atoms with E-state index in [0.29, 0.717) is 12.5 Å². The minimum Gasteiger partial charge on any atom is -0.494 e. The van der Waals surface area contributed by atoms with Gasteiger partial charge in [-0.05, 0) is 43.0 Å². The molecule has 0 radical (unpaired) electrons. The molecule has 1 heterocycles. The number of hydrogen-bond donors (Lipinski definition) is 1. The summed E-state index contributed by atoms with van der Waals surface area (Å²) in [5, 5.41) is 0. The van der Waals surface area contributed by atoms with E-state index in [0.717, 1.165) is 57.1 Å². The van der Waals surface area contributed by atoms with Crippen molar-refractivity contribution in [2.75, 3.05) is 38.8 Å². The molecule has 0 spiro atoms. The van der Waals surface area contributed by atoms with Gasteiger partial charge < -0.3 is 19.9 Å². The van der Waals surface area contributed by atoms with Gasteiger partial charge in [0.05, 0.1) is 6.61 Å². The molecule has 0 aromatic heterocycles. The molecule has 1 aliphatic heterocycles. The third-order valence-electron chi connectivity index (χ3n) is 3.28. The normalized spacial score (nSPS) is 16.4. The lowest BCUT2D eigenvalue weighted by atomic mass is 10.0. The highest BCUT2D eigenvalue weighted by Crippen LogP contribution is 2.15. The molecule has 2 rings (SSSR count). The summed E-state index contributed by atoms with van der Waals surface area (Å²) in [5.74, 6) is 1.53. The summed E-state index contributed by atoms with van der Waals surface area (Å²) in [4.78, 5) is 0. The fourth-order valence-corrected chi connectivity index (χ4v) is 2.08. The van der Waals surface area contributed by atoms with Gasteiger partial charge in [0, 0.05) is 38.5 Å². The summed E-state index contributed by atoms with van der Waals surface area (Å²) >= 11 is 0. The first-order valence-corrected chi connectivity index (χ1v) is 6.98. The molecule has 4 heteroatoms. The predicted molar refractivity (Wildman–Crippen MR) is 75.3 cm³/mol. The maximum Gasteiger partial charge on any atom is 0.119 e. The minimum absolute atomic E-state index is 0.673. The molecule has 0 atom stereocenters. The Bertz CT molecular complexity index is 347. The Morgan fingerprint density at radius 2 is 1.84 bits per heavy atom. The molecule has 1 fully saturated rings. The SMILES string of the molecule is Nc1ccc(OCCCOCC2CCOCC2)cc1. The summed E-state index contributed by atoms with van der Waals surface area (Å²) < 4.78 is 16.6. The lowest BCUT2D eigenvalue weighted by molar-refractivity contribution is 0.0183. The van der Waals surface area contributed by atoms with Gasteiger partial charge in [-0.1, -0.05) is 0 Å². The first-order chi connectivity index (χ1) is 9.34. The van der Waals surface area contributed by atoms with Crippen molar-refractivity contribution in [3.05, 3.63) is 24.3 Å². The smallest absolute Gasteiger partial charge is 0.119 e. The van der Waals surface area contributed by atoms with Crippen LogP contribution < -0.4 is 10.5 Å². The van der Waals surface area contributed by atoms with Gasteiger partial charge in [-0.15, -0.1) is 0 Å². The van der Waals surface area contributed by atoms with Gasteiger partial charge in [-0.3, -0.25) is 0 Å². The first kappa shape index (κ1) is 14.2. The zero-order valence-electron chi connectivity index (χ0n) is 11.3. The molecule has 1 aliphatic rings. The molecular weight excluding hydrogens is 242 g/mol. The molecule has 0 saturated carbocycles. The highest BCUT2D eigenvalue weighted by Gasteiger charge is 2.13. The number of nitrogen functional groups attached to an aromatic ring is 1. The summed E-state index contributed by atoms with van der Waals surface area (Å²) in [5.41, 5.74) is 6.36. The van der Waals surface area contributed by atoms with E-state index in [-0.39, 0.29) is 0 Å². The maximum absolute atomic E-state index is 5.67. The predicted octanol–water partition coefficient (Wildman–Crippen LogP) is 2.48. The standard InChI is InChI=1S/C15H23NO3/c16-14-2-4-15(5-3-14)19-9-1-8-18-12-13-6-10-17-11-7-13/h2-5,13H,1,6-12,16H2. The van der Waals surface area contributed by atoms with Crippen LogP contribution in [0.1, 0.15) is 19.3 Å².